The fourth-order valence-corrected chi connectivity index (χ4v) is 4.89. The van der Waals surface area contributed by atoms with Crippen LogP contribution in [0.1, 0.15) is 85.9 Å². The first-order valence-electron chi connectivity index (χ1n) is 24.0. The van der Waals surface area contributed by atoms with Crippen LogP contribution in [0.3, 0.4) is 0 Å². The number of ether oxygens (including phenoxy) is 1. The lowest BCUT2D eigenvalue weighted by molar-refractivity contribution is -0.445. The number of nitro groups is 2. The number of rotatable bonds is 9. The van der Waals surface area contributed by atoms with Crippen molar-refractivity contribution in [1.82, 2.24) is 15.0 Å². The summed E-state index contributed by atoms with van der Waals surface area (Å²) in [6.45, 7) is 13.5. The Balaban J connectivity index is -0.000000868. The van der Waals surface area contributed by atoms with E-state index in [1.807, 2.05) is 212 Å². The van der Waals surface area contributed by atoms with Gasteiger partial charge in [0.2, 0.25) is 0 Å². The second kappa shape index (κ2) is 46.9. The maximum absolute atomic E-state index is 12.1. The molecule has 1 aromatic heterocycles. The molecule has 1 heterocycles. The van der Waals surface area contributed by atoms with Crippen LogP contribution < -0.4 is 5.73 Å². The minimum Gasteiger partial charge on any atom is -0.478 e. The average molecular weight is 1070 g/mol. The molecule has 414 valence electrons. The molecular weight excluding hydrogens is 997 g/mol. The van der Waals surface area contributed by atoms with E-state index < -0.39 is 27.4 Å². The Morgan fingerprint density at radius 3 is 1.09 bits per heavy atom. The molecule has 7 rings (SSSR count). The molecule has 4 N–H and O–H groups in total. The third-order valence-electron chi connectivity index (χ3n) is 7.77. The molecule has 78 heavy (non-hydrogen) atoms. The van der Waals surface area contributed by atoms with E-state index >= 15 is 0 Å². The van der Waals surface area contributed by atoms with E-state index in [-0.39, 0.29) is 11.9 Å². The van der Waals surface area contributed by atoms with E-state index in [1.54, 1.807) is 36.4 Å². The van der Waals surface area contributed by atoms with Crippen molar-refractivity contribution in [3.8, 4) is 0 Å². The zero-order valence-corrected chi connectivity index (χ0v) is 45.7. The van der Waals surface area contributed by atoms with Crippen LogP contribution in [0.25, 0.3) is 35.3 Å². The lowest BCUT2D eigenvalue weighted by Gasteiger charge is -2.17. The van der Waals surface area contributed by atoms with Gasteiger partial charge < -0.3 is 20.7 Å². The summed E-state index contributed by atoms with van der Waals surface area (Å²) in [5.74, 6) is -2.37. The monoisotopic (exact) mass is 1070 g/mol. The lowest BCUT2D eigenvalue weighted by Crippen LogP contribution is -2.22. The van der Waals surface area contributed by atoms with Crippen molar-refractivity contribution in [3.05, 3.63) is 248 Å². The third kappa shape index (κ3) is 42.7. The van der Waals surface area contributed by atoms with Crippen LogP contribution in [0.15, 0.2) is 200 Å². The molecule has 18 nitrogen and oxygen atoms in total. The molecular formula is C60H72N6O12. The van der Waals surface area contributed by atoms with Crippen molar-refractivity contribution < 1.29 is 48.8 Å². The standard InChI is InChI=1S/C15H11N3O.C13H16O2.2C9H8O2.C7H6O.2C2H6.2CH3NO2.CH5N/c19-15(11-10-12-6-2-1-3-7-12)18-14-9-5-4-8-13(14)16-17-18;1-13(2,3)15-12(14)10-9-11-7-5-4-6-8-11;2*10-9(11)7-6-8-4-2-1-3-5-8;8-6-7-4-2-1-3-5-7;2*1-2;2*1-2(3)4;1-2/h1-11H;4-10H,1-3H3;2*1-7H,(H,10,11);1-6H;2*1-2H3;2*1H3;2H2,1H3/b11-10+;10-9+;2*7-6+;;;;;;. The molecule has 0 saturated carbocycles. The third-order valence-corrected chi connectivity index (χ3v) is 7.77. The summed E-state index contributed by atoms with van der Waals surface area (Å²) < 4.78 is 6.43. The van der Waals surface area contributed by atoms with Crippen LogP contribution in [-0.2, 0) is 19.1 Å². The molecule has 0 fully saturated rings. The van der Waals surface area contributed by atoms with Gasteiger partial charge in [-0.15, -0.1) is 5.10 Å². The zero-order chi connectivity index (χ0) is 59.6. The van der Waals surface area contributed by atoms with E-state index in [0.717, 1.165) is 60.4 Å². The number of benzene rings is 6. The van der Waals surface area contributed by atoms with Gasteiger partial charge in [-0.05, 0) is 86.5 Å². The van der Waals surface area contributed by atoms with Crippen LogP contribution in [-0.4, -0.2) is 91.9 Å². The number of carboxylic acid groups (broad SMARTS) is 2. The maximum atomic E-state index is 12.1. The molecule has 0 bridgehead atoms. The van der Waals surface area contributed by atoms with Gasteiger partial charge in [-0.3, -0.25) is 29.8 Å². The van der Waals surface area contributed by atoms with Gasteiger partial charge in [0.1, 0.15) is 17.4 Å². The van der Waals surface area contributed by atoms with E-state index in [2.05, 4.69) is 16.0 Å². The number of aliphatic carboxylic acids is 2. The predicted molar refractivity (Wildman–Crippen MR) is 312 cm³/mol. The van der Waals surface area contributed by atoms with Gasteiger partial charge in [-0.2, -0.15) is 4.68 Å². The van der Waals surface area contributed by atoms with Crippen LogP contribution >= 0.6 is 0 Å². The van der Waals surface area contributed by atoms with E-state index in [4.69, 9.17) is 35.2 Å². The number of hydrogen-bond acceptors (Lipinski definition) is 13. The van der Waals surface area contributed by atoms with Crippen molar-refractivity contribution >= 4 is 65.4 Å². The molecule has 6 aromatic carbocycles. The molecule has 0 aliphatic heterocycles. The molecule has 18 heteroatoms. The van der Waals surface area contributed by atoms with Gasteiger partial charge in [-0.25, -0.2) is 14.4 Å². The summed E-state index contributed by atoms with van der Waals surface area (Å²) >= 11 is 0. The van der Waals surface area contributed by atoms with Gasteiger partial charge >= 0.3 is 17.9 Å². The summed E-state index contributed by atoms with van der Waals surface area (Å²) in [6, 6.07) is 54.4. The number of fused-ring (bicyclic) bond motifs is 1. The topological polar surface area (TPSA) is 278 Å². The fourth-order valence-electron chi connectivity index (χ4n) is 4.89. The Kier molecular flexibility index (Phi) is 43.6. The quantitative estimate of drug-likeness (QED) is 0.0398. The average Bonchev–Trinajstić information content (AvgIpc) is 3.88. The van der Waals surface area contributed by atoms with Crippen LogP contribution in [0.4, 0.5) is 0 Å². The first-order chi connectivity index (χ1) is 37.3. The number of allylic oxidation sites excluding steroid dienone is 1. The molecule has 0 atom stereocenters. The van der Waals surface area contributed by atoms with Crippen molar-refractivity contribution in [2.75, 3.05) is 21.1 Å². The minimum atomic E-state index is -0.922. The largest absolute Gasteiger partial charge is 0.478 e. The zero-order valence-electron chi connectivity index (χ0n) is 45.7. The van der Waals surface area contributed by atoms with Crippen molar-refractivity contribution in [2.24, 2.45) is 5.73 Å². The number of carbonyl (C=O) groups is 5. The normalized spacial score (nSPS) is 9.58. The molecule has 0 aliphatic rings. The molecule has 0 amide bonds. The molecule has 0 aliphatic carbocycles. The molecule has 0 spiro atoms. The highest BCUT2D eigenvalue weighted by atomic mass is 16.6. The molecule has 0 radical (unpaired) electrons. The summed E-state index contributed by atoms with van der Waals surface area (Å²) in [7, 11) is 3.28. The highest BCUT2D eigenvalue weighted by Gasteiger charge is 2.13. The smallest absolute Gasteiger partial charge is 0.331 e. The summed E-state index contributed by atoms with van der Waals surface area (Å²) in [4.78, 5) is 70.2. The summed E-state index contributed by atoms with van der Waals surface area (Å²) in [5.41, 5.74) is 9.98. The van der Waals surface area contributed by atoms with E-state index in [9.17, 15) is 24.0 Å². The maximum Gasteiger partial charge on any atom is 0.331 e. The fraction of sp³-hybridized carbons (Fsp3) is 0.183. The van der Waals surface area contributed by atoms with Gasteiger partial charge in [0.15, 0.2) is 14.1 Å². The molecule has 0 unspecified atom stereocenters. The van der Waals surface area contributed by atoms with Crippen LogP contribution in [0, 0.1) is 20.2 Å². The lowest BCUT2D eigenvalue weighted by atomic mass is 10.2. The molecule has 7 aromatic rings. The number of esters is 1. The van der Waals surface area contributed by atoms with E-state index in [1.165, 1.54) is 23.9 Å². The minimum absolute atomic E-state index is 0.211. The SMILES string of the molecule is CC.CC.CC(C)(C)OC(=O)/C=C/c1ccccc1.CN.C[N+](=O)[O-].C[N+](=O)[O-].O=C(/C=C/c1ccccc1)n1nnc2ccccc21.O=C(O)/C=C/c1ccccc1.O=C(O)/C=C/c1ccccc1.O=Cc1ccccc1. The van der Waals surface area contributed by atoms with Crippen molar-refractivity contribution in [3.63, 3.8) is 0 Å². The Morgan fingerprint density at radius 2 is 0.795 bits per heavy atom. The number of carboxylic acids is 2. The Bertz CT molecular complexity index is 2750. The van der Waals surface area contributed by atoms with Crippen molar-refractivity contribution in [1.29, 1.82) is 0 Å². The number of hydrogen-bond donors (Lipinski definition) is 3. The van der Waals surface area contributed by atoms with Crippen LogP contribution in [0.5, 0.6) is 0 Å². The van der Waals surface area contributed by atoms with Crippen LogP contribution in [0.2, 0.25) is 0 Å². The van der Waals surface area contributed by atoms with Gasteiger partial charge in [0.25, 0.3) is 5.91 Å². The van der Waals surface area contributed by atoms with Gasteiger partial charge in [0.05, 0.1) is 5.52 Å². The second-order valence-electron chi connectivity index (χ2n) is 14.9. The second-order valence-corrected chi connectivity index (χ2v) is 14.9. The van der Waals surface area contributed by atoms with Crippen molar-refractivity contribution in [2.45, 2.75) is 54.1 Å². The van der Waals surface area contributed by atoms with E-state index in [0.29, 0.717) is 11.0 Å². The number of carbonyl (C=O) groups excluding carboxylic acids is 3. The summed E-state index contributed by atoms with van der Waals surface area (Å²) in [5, 5.41) is 42.0. The Morgan fingerprint density at radius 1 is 0.513 bits per heavy atom. The number of aromatic nitrogens is 3. The summed E-state index contributed by atoms with van der Waals surface area (Å²) in [6.07, 6.45) is 12.6. The molecule has 0 saturated heterocycles. The highest BCUT2D eigenvalue weighted by molar-refractivity contribution is 5.98. The number of nitrogens with two attached hydrogens (primary N) is 1. The first-order valence-corrected chi connectivity index (χ1v) is 24.0. The number of aldehydes is 1. The number of para-hydroxylation sites is 1. The number of nitrogens with zero attached hydrogens (tertiary/aromatic N) is 5. The Labute approximate surface area is 456 Å². The predicted octanol–water partition coefficient (Wildman–Crippen LogP) is 12.3. The Hall–Kier alpha value is -9.81. The highest BCUT2D eigenvalue weighted by Crippen LogP contribution is 2.11. The first kappa shape index (κ1) is 72.4. The van der Waals surface area contributed by atoms with Gasteiger partial charge in [-0.1, -0.05) is 197 Å². The van der Waals surface area contributed by atoms with Gasteiger partial charge in [0, 0.05) is 39.7 Å².